The lowest BCUT2D eigenvalue weighted by Gasteiger charge is -2.26. The third kappa shape index (κ3) is 3.54. The number of thioether (sulfide) groups is 1. The van der Waals surface area contributed by atoms with E-state index in [1.807, 2.05) is 30.3 Å². The number of hydrogen-bond acceptors (Lipinski definition) is 5. The Morgan fingerprint density at radius 1 is 1.40 bits per heavy atom. The molecular weight excluding hydrogens is 272 g/mol. The molecule has 4 nitrogen and oxygen atoms in total. The molecule has 2 rings (SSSR count). The summed E-state index contributed by atoms with van der Waals surface area (Å²) in [4.78, 5) is 16.6. The molecule has 1 heterocycles. The van der Waals surface area contributed by atoms with E-state index in [1.165, 1.54) is 7.11 Å². The van der Waals surface area contributed by atoms with Crippen LogP contribution in [0.15, 0.2) is 35.3 Å². The number of esters is 1. The van der Waals surface area contributed by atoms with Crippen LogP contribution in [-0.4, -0.2) is 30.0 Å². The van der Waals surface area contributed by atoms with E-state index >= 15 is 0 Å². The fourth-order valence-electron chi connectivity index (χ4n) is 1.94. The van der Waals surface area contributed by atoms with Gasteiger partial charge < -0.3 is 10.1 Å². The highest BCUT2D eigenvalue weighted by Gasteiger charge is 2.26. The van der Waals surface area contributed by atoms with Crippen LogP contribution in [0.1, 0.15) is 25.5 Å². The van der Waals surface area contributed by atoms with Gasteiger partial charge in [0.15, 0.2) is 11.2 Å². The minimum absolute atomic E-state index is 0.271. The van der Waals surface area contributed by atoms with Crippen molar-refractivity contribution in [2.75, 3.05) is 12.9 Å². The number of rotatable bonds is 3. The fraction of sp³-hybridized carbons (Fsp3) is 0.467. The highest BCUT2D eigenvalue weighted by atomic mass is 32.2. The van der Waals surface area contributed by atoms with Gasteiger partial charge >= 0.3 is 5.97 Å². The number of nitrogens with one attached hydrogen (secondary N) is 1. The summed E-state index contributed by atoms with van der Waals surface area (Å²) < 4.78 is 4.89. The van der Waals surface area contributed by atoms with Gasteiger partial charge in [-0.1, -0.05) is 49.0 Å². The van der Waals surface area contributed by atoms with Crippen molar-refractivity contribution in [3.8, 4) is 0 Å². The van der Waals surface area contributed by atoms with Crippen LogP contribution in [0.2, 0.25) is 0 Å². The molecule has 0 radical (unpaired) electrons. The summed E-state index contributed by atoms with van der Waals surface area (Å²) in [6.07, 6.45) is 0. The third-order valence-corrected chi connectivity index (χ3v) is 4.65. The van der Waals surface area contributed by atoms with Gasteiger partial charge in [-0.3, -0.25) is 4.99 Å². The third-order valence-electron chi connectivity index (χ3n) is 3.46. The molecule has 0 aliphatic carbocycles. The molecule has 5 heteroatoms. The number of benzene rings is 1. The molecule has 1 aliphatic rings. The average molecular weight is 292 g/mol. The van der Waals surface area contributed by atoms with Crippen LogP contribution in [0.4, 0.5) is 0 Å². The number of nitrogens with zero attached hydrogens (tertiary/aromatic N) is 1. The monoisotopic (exact) mass is 292 g/mol. The predicted molar refractivity (Wildman–Crippen MR) is 82.9 cm³/mol. The molecule has 1 N–H and O–H groups in total. The maximum atomic E-state index is 12.0. The molecule has 1 aromatic rings. The van der Waals surface area contributed by atoms with Crippen LogP contribution in [0.3, 0.4) is 0 Å². The van der Waals surface area contributed by atoms with Crippen LogP contribution in [0.25, 0.3) is 0 Å². The first kappa shape index (κ1) is 14.9. The molecule has 0 bridgehead atoms. The van der Waals surface area contributed by atoms with E-state index in [-0.39, 0.29) is 12.0 Å². The van der Waals surface area contributed by atoms with Crippen LogP contribution in [-0.2, 0) is 9.53 Å². The number of methoxy groups -OCH3 is 1. The highest BCUT2D eigenvalue weighted by molar-refractivity contribution is 8.13. The molecule has 1 aromatic carbocycles. The average Bonchev–Trinajstić information content (AvgIpc) is 2.48. The maximum Gasteiger partial charge on any atom is 0.333 e. The molecule has 0 amide bonds. The smallest absolute Gasteiger partial charge is 0.333 e. The zero-order chi connectivity index (χ0) is 14.5. The van der Waals surface area contributed by atoms with Gasteiger partial charge in [-0.05, 0) is 18.4 Å². The number of carbonyl (C=O) groups is 1. The second-order valence-corrected chi connectivity index (χ2v) is 5.98. The van der Waals surface area contributed by atoms with Crippen molar-refractivity contribution >= 4 is 22.9 Å². The Labute approximate surface area is 124 Å². The molecule has 0 spiro atoms. The molecule has 20 heavy (non-hydrogen) atoms. The van der Waals surface area contributed by atoms with Crippen molar-refractivity contribution in [3.63, 3.8) is 0 Å². The summed E-state index contributed by atoms with van der Waals surface area (Å²) in [6.45, 7) is 4.29. The summed E-state index contributed by atoms with van der Waals surface area (Å²) in [6, 6.07) is 9.33. The minimum atomic E-state index is -0.506. The van der Waals surface area contributed by atoms with Crippen molar-refractivity contribution in [2.45, 2.75) is 25.9 Å². The summed E-state index contributed by atoms with van der Waals surface area (Å²) in [5.41, 5.74) is 0.883. The standard InChI is InChI=1S/C15H20N2O2S/c1-10-9-20-15(16-11(10)2)17-13(14(18)19-3)12-7-5-4-6-8-12/h4-8,10-11,13H,9H2,1-3H3,(H,16,17). The Morgan fingerprint density at radius 3 is 2.70 bits per heavy atom. The predicted octanol–water partition coefficient (Wildman–Crippen LogP) is 2.62. The van der Waals surface area contributed by atoms with E-state index in [9.17, 15) is 4.79 Å². The van der Waals surface area contributed by atoms with E-state index < -0.39 is 6.04 Å². The summed E-state index contributed by atoms with van der Waals surface area (Å²) >= 11 is 1.66. The lowest BCUT2D eigenvalue weighted by Crippen LogP contribution is -2.36. The molecule has 0 fully saturated rings. The minimum Gasteiger partial charge on any atom is -0.467 e. The van der Waals surface area contributed by atoms with E-state index in [2.05, 4.69) is 24.2 Å². The van der Waals surface area contributed by atoms with Gasteiger partial charge in [-0.25, -0.2) is 4.79 Å². The molecule has 1 aliphatic heterocycles. The van der Waals surface area contributed by atoms with E-state index in [0.717, 1.165) is 16.5 Å². The number of aliphatic imine (C=N–C) groups is 1. The molecule has 0 saturated heterocycles. The lowest BCUT2D eigenvalue weighted by molar-refractivity contribution is -0.142. The van der Waals surface area contributed by atoms with Gasteiger partial charge in [0.1, 0.15) is 0 Å². The summed E-state index contributed by atoms with van der Waals surface area (Å²) in [5, 5.41) is 4.03. The number of amidine groups is 1. The number of carbonyl (C=O) groups excluding carboxylic acids is 1. The SMILES string of the molecule is COC(=O)C(NC1=NC(C)C(C)CS1)c1ccccc1. The van der Waals surface area contributed by atoms with E-state index in [4.69, 9.17) is 4.74 Å². The van der Waals surface area contributed by atoms with E-state index in [1.54, 1.807) is 11.8 Å². The zero-order valence-electron chi connectivity index (χ0n) is 12.0. The normalized spacial score (nSPS) is 23.6. The first-order valence-electron chi connectivity index (χ1n) is 6.71. The van der Waals surface area contributed by atoms with Gasteiger partial charge in [0, 0.05) is 5.75 Å². The maximum absolute atomic E-state index is 12.0. The number of ether oxygens (including phenoxy) is 1. The largest absolute Gasteiger partial charge is 0.467 e. The second kappa shape index (κ2) is 6.79. The fourth-order valence-corrected chi connectivity index (χ4v) is 3.08. The van der Waals surface area contributed by atoms with Crippen molar-refractivity contribution in [3.05, 3.63) is 35.9 Å². The van der Waals surface area contributed by atoms with Gasteiger partial charge in [0.2, 0.25) is 0 Å². The van der Waals surface area contributed by atoms with Crippen molar-refractivity contribution in [1.82, 2.24) is 5.32 Å². The van der Waals surface area contributed by atoms with E-state index in [0.29, 0.717) is 5.92 Å². The number of hydrogen-bond donors (Lipinski definition) is 1. The molecular formula is C15H20N2O2S. The van der Waals surface area contributed by atoms with Crippen molar-refractivity contribution in [2.24, 2.45) is 10.9 Å². The topological polar surface area (TPSA) is 50.7 Å². The Hall–Kier alpha value is -1.49. The second-order valence-electron chi connectivity index (χ2n) is 4.97. The Bertz CT molecular complexity index is 490. The molecule has 0 aromatic heterocycles. The Kier molecular flexibility index (Phi) is 5.06. The van der Waals surface area contributed by atoms with Gasteiger partial charge in [0.05, 0.1) is 13.2 Å². The zero-order valence-corrected chi connectivity index (χ0v) is 12.8. The summed E-state index contributed by atoms with van der Waals surface area (Å²) in [7, 11) is 1.40. The van der Waals surface area contributed by atoms with Gasteiger partial charge in [0.25, 0.3) is 0 Å². The summed E-state index contributed by atoms with van der Waals surface area (Å²) in [5.74, 6) is 1.26. The Balaban J connectivity index is 2.17. The lowest BCUT2D eigenvalue weighted by atomic mass is 10.1. The molecule has 3 unspecified atom stereocenters. The Morgan fingerprint density at radius 2 is 2.10 bits per heavy atom. The van der Waals surface area contributed by atoms with Crippen molar-refractivity contribution < 1.29 is 9.53 Å². The van der Waals surface area contributed by atoms with Crippen LogP contribution in [0.5, 0.6) is 0 Å². The van der Waals surface area contributed by atoms with Gasteiger partial charge in [-0.2, -0.15) is 0 Å². The quantitative estimate of drug-likeness (QED) is 0.870. The van der Waals surface area contributed by atoms with Crippen LogP contribution in [0, 0.1) is 5.92 Å². The molecule has 3 atom stereocenters. The molecule has 108 valence electrons. The van der Waals surface area contributed by atoms with Gasteiger partial charge in [-0.15, -0.1) is 0 Å². The van der Waals surface area contributed by atoms with Crippen LogP contribution < -0.4 is 5.32 Å². The van der Waals surface area contributed by atoms with Crippen molar-refractivity contribution in [1.29, 1.82) is 0 Å². The first-order chi connectivity index (χ1) is 9.61. The molecule has 0 saturated carbocycles. The highest BCUT2D eigenvalue weighted by Crippen LogP contribution is 2.24. The first-order valence-corrected chi connectivity index (χ1v) is 7.70. The van der Waals surface area contributed by atoms with Crippen LogP contribution >= 0.6 is 11.8 Å².